The number of anilines is 1. The standard InChI is InChI=1S/C17H27N6O.C2H6N.Y/c1-6-12-10(2)11(3)17(24-12)23-9-20-14-15(19-5)21-13(7-8-18-4)22-16(14)23;1-3-2;/h9-12,17H,6-8H2,1-5H3,(H,19,21,22);1-2H3;/q2*-1;+3. The zero-order valence-corrected chi connectivity index (χ0v) is 21.0. The second-order valence-corrected chi connectivity index (χ2v) is 6.99. The molecule has 28 heavy (non-hydrogen) atoms. The number of nitrogens with zero attached hydrogens (tertiary/aromatic N) is 6. The Labute approximate surface area is 193 Å². The first kappa shape index (κ1) is 25.4. The number of hydrogen-bond acceptors (Lipinski definition) is 5. The molecule has 1 aliphatic heterocycles. The van der Waals surface area contributed by atoms with Crippen molar-refractivity contribution in [2.75, 3.05) is 40.1 Å². The smallest absolute Gasteiger partial charge is 0.668 e. The molecule has 4 unspecified atom stereocenters. The minimum Gasteiger partial charge on any atom is -0.668 e. The van der Waals surface area contributed by atoms with Crippen LogP contribution in [0.25, 0.3) is 21.8 Å². The van der Waals surface area contributed by atoms with Crippen LogP contribution in [0.3, 0.4) is 0 Å². The number of imidazole rings is 1. The fourth-order valence-corrected chi connectivity index (χ4v) is 3.46. The van der Waals surface area contributed by atoms with Gasteiger partial charge in [0.2, 0.25) is 0 Å². The van der Waals surface area contributed by atoms with Crippen LogP contribution in [0.2, 0.25) is 0 Å². The Morgan fingerprint density at radius 3 is 2.39 bits per heavy atom. The number of nitrogens with one attached hydrogen (secondary N) is 1. The number of rotatable bonds is 6. The van der Waals surface area contributed by atoms with Crippen LogP contribution in [0.15, 0.2) is 6.33 Å². The summed E-state index contributed by atoms with van der Waals surface area (Å²) in [6.45, 7) is 7.40. The molecule has 4 atom stereocenters. The van der Waals surface area contributed by atoms with Gasteiger partial charge < -0.3 is 20.7 Å². The predicted molar refractivity (Wildman–Crippen MR) is 110 cm³/mol. The van der Waals surface area contributed by atoms with E-state index in [1.165, 1.54) is 0 Å². The summed E-state index contributed by atoms with van der Waals surface area (Å²) in [5, 5.41) is 10.8. The molecule has 2 aromatic rings. The maximum atomic E-state index is 6.31. The Kier molecular flexibility index (Phi) is 11.0. The average Bonchev–Trinajstić information content (AvgIpc) is 3.21. The molecule has 0 aromatic carbocycles. The minimum atomic E-state index is -0.0294. The number of fused-ring (bicyclic) bond motifs is 1. The molecule has 152 valence electrons. The Morgan fingerprint density at radius 2 is 1.86 bits per heavy atom. The first-order valence-electron chi connectivity index (χ1n) is 9.62. The van der Waals surface area contributed by atoms with Crippen LogP contribution < -0.4 is 5.32 Å². The molecule has 9 heteroatoms. The Balaban J connectivity index is 0.000000921. The topological polar surface area (TPSA) is 93.1 Å². The van der Waals surface area contributed by atoms with Crippen LogP contribution in [0.4, 0.5) is 5.82 Å². The number of likely N-dealkylation sites (N-methyl/N-ethyl adjacent to an activating group) is 1. The molecule has 0 spiro atoms. The molecule has 1 fully saturated rings. The molecule has 1 N–H and O–H groups in total. The number of aromatic nitrogens is 4. The van der Waals surface area contributed by atoms with Gasteiger partial charge in [0.15, 0.2) is 17.0 Å². The summed E-state index contributed by atoms with van der Waals surface area (Å²) < 4.78 is 8.38. The maximum absolute atomic E-state index is 6.31. The molecular formula is C19H33N7OY+. The molecule has 0 amide bonds. The third kappa shape index (κ3) is 5.48. The van der Waals surface area contributed by atoms with Gasteiger partial charge in [-0.3, -0.25) is 4.57 Å². The molecule has 1 saturated heterocycles. The number of ether oxygens (including phenoxy) is 1. The van der Waals surface area contributed by atoms with Gasteiger partial charge in [-0.2, -0.15) is 21.1 Å². The summed E-state index contributed by atoms with van der Waals surface area (Å²) in [5.74, 6) is 2.47. The van der Waals surface area contributed by atoms with Crippen molar-refractivity contribution in [1.29, 1.82) is 0 Å². The van der Waals surface area contributed by atoms with E-state index in [0.29, 0.717) is 18.4 Å². The molecule has 0 aliphatic carbocycles. The van der Waals surface area contributed by atoms with E-state index >= 15 is 0 Å². The van der Waals surface area contributed by atoms with Gasteiger partial charge in [0.05, 0.1) is 12.4 Å². The normalized spacial score (nSPS) is 23.8. The molecule has 2 aromatic heterocycles. The van der Waals surface area contributed by atoms with Gasteiger partial charge >= 0.3 is 32.7 Å². The molecule has 1 aliphatic rings. The van der Waals surface area contributed by atoms with E-state index in [-0.39, 0.29) is 45.0 Å². The van der Waals surface area contributed by atoms with Crippen molar-refractivity contribution < 1.29 is 37.4 Å². The van der Waals surface area contributed by atoms with Crippen LogP contribution in [0.1, 0.15) is 39.2 Å². The van der Waals surface area contributed by atoms with Crippen molar-refractivity contribution in [1.82, 2.24) is 19.5 Å². The fraction of sp³-hybridized carbons (Fsp3) is 0.737. The van der Waals surface area contributed by atoms with Gasteiger partial charge in [0.1, 0.15) is 12.1 Å². The summed E-state index contributed by atoms with van der Waals surface area (Å²) in [6.07, 6.45) is 3.83. The molecule has 3 heterocycles. The van der Waals surface area contributed by atoms with E-state index in [0.717, 1.165) is 35.6 Å². The van der Waals surface area contributed by atoms with Crippen molar-refractivity contribution >= 4 is 17.0 Å². The molecule has 0 radical (unpaired) electrons. The van der Waals surface area contributed by atoms with Gasteiger partial charge in [0.25, 0.3) is 0 Å². The maximum Gasteiger partial charge on any atom is 3.00 e. The first-order valence-corrected chi connectivity index (χ1v) is 9.62. The van der Waals surface area contributed by atoms with E-state index in [1.807, 2.05) is 20.4 Å². The molecular weight excluding hydrogens is 431 g/mol. The van der Waals surface area contributed by atoms with Gasteiger partial charge in [-0.05, 0) is 18.8 Å². The Hall–Kier alpha value is -0.666. The van der Waals surface area contributed by atoms with Crippen LogP contribution in [-0.4, -0.2) is 60.4 Å². The molecule has 3 rings (SSSR count). The fourth-order valence-electron chi connectivity index (χ4n) is 3.46. The van der Waals surface area contributed by atoms with Gasteiger partial charge in [0, 0.05) is 13.0 Å². The van der Waals surface area contributed by atoms with Crippen LogP contribution in [-0.2, 0) is 43.9 Å². The average molecular weight is 464 g/mol. The van der Waals surface area contributed by atoms with Crippen molar-refractivity contribution in [2.24, 2.45) is 11.8 Å². The SMILES string of the molecule is CCC1OC(n2cnc3c(NC)nc(CC[N-]C)nc32)C(C)C1C.C[N-]C.[Y+3]. The summed E-state index contributed by atoms with van der Waals surface area (Å²) in [7, 11) is 7.17. The Bertz CT molecular complexity index is 724. The van der Waals surface area contributed by atoms with Crippen molar-refractivity contribution in [2.45, 2.75) is 45.9 Å². The predicted octanol–water partition coefficient (Wildman–Crippen LogP) is 3.61. The molecule has 0 saturated carbocycles. The third-order valence-electron chi connectivity index (χ3n) is 5.12. The van der Waals surface area contributed by atoms with Crippen molar-refractivity contribution in [3.8, 4) is 0 Å². The summed E-state index contributed by atoms with van der Waals surface area (Å²) in [5.41, 5.74) is 1.62. The molecule has 8 nitrogen and oxygen atoms in total. The Morgan fingerprint density at radius 1 is 1.18 bits per heavy atom. The van der Waals surface area contributed by atoms with E-state index in [4.69, 9.17) is 9.72 Å². The van der Waals surface area contributed by atoms with Gasteiger partial charge in [-0.15, -0.1) is 6.54 Å². The second kappa shape index (κ2) is 12.1. The van der Waals surface area contributed by atoms with Crippen molar-refractivity contribution in [3.05, 3.63) is 22.8 Å². The first-order chi connectivity index (χ1) is 13.0. The third-order valence-corrected chi connectivity index (χ3v) is 5.12. The summed E-state index contributed by atoms with van der Waals surface area (Å²) in [4.78, 5) is 13.8. The van der Waals surface area contributed by atoms with Crippen LogP contribution in [0, 0.1) is 11.8 Å². The second-order valence-electron chi connectivity index (χ2n) is 6.99. The van der Waals surface area contributed by atoms with E-state index < -0.39 is 0 Å². The zero-order valence-electron chi connectivity index (χ0n) is 18.2. The summed E-state index contributed by atoms with van der Waals surface area (Å²) in [6, 6.07) is 0. The van der Waals surface area contributed by atoms with Crippen LogP contribution in [0.5, 0.6) is 0 Å². The molecule has 0 bridgehead atoms. The monoisotopic (exact) mass is 464 g/mol. The van der Waals surface area contributed by atoms with Gasteiger partial charge in [-0.25, -0.2) is 15.0 Å². The number of hydrogen-bond donors (Lipinski definition) is 1. The summed E-state index contributed by atoms with van der Waals surface area (Å²) >= 11 is 0. The van der Waals surface area contributed by atoms with Gasteiger partial charge in [-0.1, -0.05) is 20.8 Å². The largest absolute Gasteiger partial charge is 3.00 e. The van der Waals surface area contributed by atoms with Crippen LogP contribution >= 0.6 is 0 Å². The van der Waals surface area contributed by atoms with Crippen molar-refractivity contribution in [3.63, 3.8) is 0 Å². The minimum absolute atomic E-state index is 0. The van der Waals surface area contributed by atoms with E-state index in [9.17, 15) is 0 Å². The quantitative estimate of drug-likeness (QED) is 0.705. The van der Waals surface area contributed by atoms with E-state index in [2.05, 4.69) is 51.3 Å². The van der Waals surface area contributed by atoms with E-state index in [1.54, 1.807) is 14.1 Å². The zero-order chi connectivity index (χ0) is 20.0.